The highest BCUT2D eigenvalue weighted by Gasteiger charge is 2.07. The van der Waals surface area contributed by atoms with Gasteiger partial charge in [-0.2, -0.15) is 8.78 Å². The summed E-state index contributed by atoms with van der Waals surface area (Å²) in [5, 5.41) is 3.36. The van der Waals surface area contributed by atoms with Crippen LogP contribution in [-0.4, -0.2) is 38.7 Å². The second-order valence-electron chi connectivity index (χ2n) is 4.43. The minimum absolute atomic E-state index is 0.186. The van der Waals surface area contributed by atoms with E-state index in [2.05, 4.69) is 15.0 Å². The van der Waals surface area contributed by atoms with Crippen LogP contribution in [0.2, 0.25) is 0 Å². The maximum atomic E-state index is 12.0. The first-order chi connectivity index (χ1) is 8.49. The number of alkyl halides is 2. The summed E-state index contributed by atoms with van der Waals surface area (Å²) in [6.07, 6.45) is 0. The smallest absolute Gasteiger partial charge is 0.387 e. The van der Waals surface area contributed by atoms with E-state index in [0.29, 0.717) is 0 Å². The van der Waals surface area contributed by atoms with E-state index in [1.165, 1.54) is 0 Å². The summed E-state index contributed by atoms with van der Waals surface area (Å²) in [5.41, 5.74) is 1.05. The number of nitrogens with zero attached hydrogens (tertiary/aromatic N) is 1. The lowest BCUT2D eigenvalue weighted by molar-refractivity contribution is -0.0498. The van der Waals surface area contributed by atoms with E-state index in [4.69, 9.17) is 0 Å². The van der Waals surface area contributed by atoms with Gasteiger partial charge in [0.05, 0.1) is 0 Å². The summed E-state index contributed by atoms with van der Waals surface area (Å²) in [7, 11) is 4.03. The van der Waals surface area contributed by atoms with Crippen LogP contribution >= 0.6 is 0 Å². The molecule has 0 bridgehead atoms. The Morgan fingerprint density at radius 3 is 2.33 bits per heavy atom. The lowest BCUT2D eigenvalue weighted by Gasteiger charge is -2.16. The van der Waals surface area contributed by atoms with Gasteiger partial charge in [0.25, 0.3) is 0 Å². The molecule has 0 amide bonds. The van der Waals surface area contributed by atoms with Gasteiger partial charge in [-0.3, -0.25) is 0 Å². The van der Waals surface area contributed by atoms with E-state index >= 15 is 0 Å². The Labute approximate surface area is 107 Å². The van der Waals surface area contributed by atoms with Gasteiger partial charge in [-0.1, -0.05) is 12.1 Å². The second kappa shape index (κ2) is 7.28. The van der Waals surface area contributed by atoms with E-state index in [1.807, 2.05) is 21.0 Å². The molecule has 0 saturated heterocycles. The average Bonchev–Trinajstić information content (AvgIpc) is 2.28. The van der Waals surface area contributed by atoms with E-state index in [9.17, 15) is 8.78 Å². The Morgan fingerprint density at radius 2 is 1.83 bits per heavy atom. The topological polar surface area (TPSA) is 24.5 Å². The van der Waals surface area contributed by atoms with Crippen molar-refractivity contribution in [2.45, 2.75) is 19.6 Å². The van der Waals surface area contributed by atoms with Crippen molar-refractivity contribution < 1.29 is 13.5 Å². The van der Waals surface area contributed by atoms with Gasteiger partial charge in [-0.05, 0) is 38.7 Å². The SMILES string of the molecule is CC(NCCN(C)C)c1ccc(OC(F)F)cc1. The molecule has 0 saturated carbocycles. The maximum absolute atomic E-state index is 12.0. The first-order valence-corrected chi connectivity index (χ1v) is 5.92. The molecular weight excluding hydrogens is 238 g/mol. The van der Waals surface area contributed by atoms with Crippen LogP contribution in [0.25, 0.3) is 0 Å². The van der Waals surface area contributed by atoms with Crippen LogP contribution < -0.4 is 10.1 Å². The fraction of sp³-hybridized carbons (Fsp3) is 0.538. The van der Waals surface area contributed by atoms with Crippen LogP contribution in [0, 0.1) is 0 Å². The number of hydrogen-bond acceptors (Lipinski definition) is 3. The van der Waals surface area contributed by atoms with Crippen molar-refractivity contribution in [3.05, 3.63) is 29.8 Å². The Balaban J connectivity index is 2.46. The molecule has 0 heterocycles. The van der Waals surface area contributed by atoms with Crippen LogP contribution in [0.15, 0.2) is 24.3 Å². The van der Waals surface area contributed by atoms with Gasteiger partial charge < -0.3 is 15.0 Å². The van der Waals surface area contributed by atoms with Crippen molar-refractivity contribution in [1.29, 1.82) is 0 Å². The third-order valence-corrected chi connectivity index (χ3v) is 2.61. The maximum Gasteiger partial charge on any atom is 0.387 e. The standard InChI is InChI=1S/C13H20F2N2O/c1-10(16-8-9-17(2)3)11-4-6-12(7-5-11)18-13(14)15/h4-7,10,13,16H,8-9H2,1-3H3. The molecule has 3 nitrogen and oxygen atoms in total. The highest BCUT2D eigenvalue weighted by Crippen LogP contribution is 2.18. The largest absolute Gasteiger partial charge is 0.435 e. The number of nitrogens with one attached hydrogen (secondary N) is 1. The number of ether oxygens (including phenoxy) is 1. The molecule has 1 rings (SSSR count). The molecule has 1 unspecified atom stereocenters. The van der Waals surface area contributed by atoms with Crippen molar-refractivity contribution in [2.24, 2.45) is 0 Å². The zero-order chi connectivity index (χ0) is 13.5. The van der Waals surface area contributed by atoms with Crippen molar-refractivity contribution in [3.8, 4) is 5.75 Å². The molecule has 1 aromatic rings. The number of benzene rings is 1. The van der Waals surface area contributed by atoms with E-state index in [-0.39, 0.29) is 11.8 Å². The highest BCUT2D eigenvalue weighted by atomic mass is 19.3. The molecule has 0 spiro atoms. The number of rotatable bonds is 7. The minimum Gasteiger partial charge on any atom is -0.435 e. The third-order valence-electron chi connectivity index (χ3n) is 2.61. The lowest BCUT2D eigenvalue weighted by Crippen LogP contribution is -2.28. The van der Waals surface area contributed by atoms with E-state index < -0.39 is 6.61 Å². The zero-order valence-electron chi connectivity index (χ0n) is 11.0. The molecule has 1 aromatic carbocycles. The molecule has 0 aliphatic heterocycles. The van der Waals surface area contributed by atoms with Gasteiger partial charge in [0.1, 0.15) is 5.75 Å². The predicted octanol–water partition coefficient (Wildman–Crippen LogP) is 2.50. The third kappa shape index (κ3) is 5.42. The van der Waals surface area contributed by atoms with Crippen LogP contribution in [0.4, 0.5) is 8.78 Å². The summed E-state index contributed by atoms with van der Waals surface area (Å²) in [6.45, 7) is 1.10. The average molecular weight is 258 g/mol. The quantitative estimate of drug-likeness (QED) is 0.813. The van der Waals surface area contributed by atoms with Crippen molar-refractivity contribution in [2.75, 3.05) is 27.2 Å². The van der Waals surface area contributed by atoms with Gasteiger partial charge in [0.15, 0.2) is 0 Å². The molecule has 0 radical (unpaired) electrons. The minimum atomic E-state index is -2.77. The van der Waals surface area contributed by atoms with Crippen LogP contribution in [0.5, 0.6) is 5.75 Å². The summed E-state index contributed by atoms with van der Waals surface area (Å²) >= 11 is 0. The highest BCUT2D eigenvalue weighted by molar-refractivity contribution is 5.28. The molecule has 1 N–H and O–H groups in total. The molecule has 0 aliphatic rings. The van der Waals surface area contributed by atoms with E-state index in [1.54, 1.807) is 24.3 Å². The second-order valence-corrected chi connectivity index (χ2v) is 4.43. The predicted molar refractivity (Wildman–Crippen MR) is 68.0 cm³/mol. The molecule has 0 aromatic heterocycles. The number of likely N-dealkylation sites (N-methyl/N-ethyl adjacent to an activating group) is 1. The Kier molecular flexibility index (Phi) is 6.01. The number of hydrogen-bond donors (Lipinski definition) is 1. The van der Waals surface area contributed by atoms with E-state index in [0.717, 1.165) is 18.7 Å². The summed E-state index contributed by atoms with van der Waals surface area (Å²) in [4.78, 5) is 2.10. The molecule has 0 aliphatic carbocycles. The summed E-state index contributed by atoms with van der Waals surface area (Å²) < 4.78 is 28.3. The molecule has 18 heavy (non-hydrogen) atoms. The molecule has 102 valence electrons. The van der Waals surface area contributed by atoms with Gasteiger partial charge in [0.2, 0.25) is 0 Å². The Bertz CT molecular complexity index is 341. The fourth-order valence-electron chi connectivity index (χ4n) is 1.56. The van der Waals surface area contributed by atoms with Gasteiger partial charge in [-0.25, -0.2) is 0 Å². The molecule has 0 fully saturated rings. The molecule has 1 atom stereocenters. The Morgan fingerprint density at radius 1 is 1.22 bits per heavy atom. The summed E-state index contributed by atoms with van der Waals surface area (Å²) in [6, 6.07) is 6.90. The van der Waals surface area contributed by atoms with Crippen molar-refractivity contribution in [1.82, 2.24) is 10.2 Å². The Hall–Kier alpha value is -1.20. The fourth-order valence-corrected chi connectivity index (χ4v) is 1.56. The van der Waals surface area contributed by atoms with Crippen LogP contribution in [-0.2, 0) is 0 Å². The van der Waals surface area contributed by atoms with Gasteiger partial charge >= 0.3 is 6.61 Å². The first kappa shape index (κ1) is 14.9. The lowest BCUT2D eigenvalue weighted by atomic mass is 10.1. The van der Waals surface area contributed by atoms with Gasteiger partial charge in [-0.15, -0.1) is 0 Å². The zero-order valence-corrected chi connectivity index (χ0v) is 11.0. The van der Waals surface area contributed by atoms with Crippen molar-refractivity contribution >= 4 is 0 Å². The monoisotopic (exact) mass is 258 g/mol. The summed E-state index contributed by atoms with van der Waals surface area (Å²) in [5.74, 6) is 0.189. The van der Waals surface area contributed by atoms with Crippen molar-refractivity contribution in [3.63, 3.8) is 0 Å². The normalized spacial score (nSPS) is 13.1. The van der Waals surface area contributed by atoms with Crippen LogP contribution in [0.1, 0.15) is 18.5 Å². The first-order valence-electron chi connectivity index (χ1n) is 5.92. The molecular formula is C13H20F2N2O. The van der Waals surface area contributed by atoms with Gasteiger partial charge in [0, 0.05) is 19.1 Å². The molecule has 5 heteroatoms. The number of halogens is 2. The van der Waals surface area contributed by atoms with Crippen LogP contribution in [0.3, 0.4) is 0 Å².